The van der Waals surface area contributed by atoms with E-state index in [1.807, 2.05) is 6.07 Å². The number of benzene rings is 1. The van der Waals surface area contributed by atoms with Gasteiger partial charge >= 0.3 is 5.97 Å². The predicted octanol–water partition coefficient (Wildman–Crippen LogP) is 2.04. The second kappa shape index (κ2) is 8.69. The number of sulfone groups is 1. The van der Waals surface area contributed by atoms with Crippen molar-refractivity contribution < 1.29 is 22.7 Å². The number of carbonyl (C=O) groups excluding carboxylic acids is 2. The minimum Gasteiger partial charge on any atom is -0.458 e. The van der Waals surface area contributed by atoms with Gasteiger partial charge in [0.05, 0.1) is 23.1 Å². The standard InChI is InChI=1S/C17H16N2O5S2/c1-12-11-25-17(19-12)14(9-18)15(20)10-24-16(21)7-8-26(22,23)13-5-3-2-4-6-13/h2-6,11,14H,7-8,10H2,1H3/t14-/m1/s1. The summed E-state index contributed by atoms with van der Waals surface area (Å²) in [5.41, 5.74) is 0.696. The summed E-state index contributed by atoms with van der Waals surface area (Å²) in [6.07, 6.45) is -0.377. The van der Waals surface area contributed by atoms with Crippen molar-refractivity contribution in [3.05, 3.63) is 46.4 Å². The van der Waals surface area contributed by atoms with Crippen molar-refractivity contribution in [1.82, 2.24) is 4.98 Å². The van der Waals surface area contributed by atoms with E-state index in [1.54, 1.807) is 30.5 Å². The topological polar surface area (TPSA) is 114 Å². The van der Waals surface area contributed by atoms with E-state index in [2.05, 4.69) is 4.98 Å². The number of hydrogen-bond acceptors (Lipinski definition) is 8. The molecule has 1 aromatic heterocycles. The largest absolute Gasteiger partial charge is 0.458 e. The number of nitrogens with zero attached hydrogens (tertiary/aromatic N) is 2. The van der Waals surface area contributed by atoms with Gasteiger partial charge in [0.2, 0.25) is 0 Å². The van der Waals surface area contributed by atoms with Crippen molar-refractivity contribution in [2.45, 2.75) is 24.2 Å². The zero-order chi connectivity index (χ0) is 19.2. The average Bonchev–Trinajstić information content (AvgIpc) is 3.05. The molecule has 1 heterocycles. The number of ketones is 1. The highest BCUT2D eigenvalue weighted by atomic mass is 32.2. The number of rotatable bonds is 8. The second-order valence-corrected chi connectivity index (χ2v) is 8.40. The molecule has 2 aromatic rings. The molecule has 0 bridgehead atoms. The fourth-order valence-corrected chi connectivity index (χ4v) is 4.14. The van der Waals surface area contributed by atoms with Crippen molar-refractivity contribution in [2.24, 2.45) is 0 Å². The molecule has 0 aliphatic rings. The van der Waals surface area contributed by atoms with Gasteiger partial charge in [0.15, 0.2) is 28.1 Å². The molecular weight excluding hydrogens is 376 g/mol. The number of hydrogen-bond donors (Lipinski definition) is 0. The number of ether oxygens (including phenoxy) is 1. The fraction of sp³-hybridized carbons (Fsp3) is 0.294. The van der Waals surface area contributed by atoms with Gasteiger partial charge in [-0.25, -0.2) is 13.4 Å². The van der Waals surface area contributed by atoms with Gasteiger partial charge in [0.1, 0.15) is 5.01 Å². The van der Waals surface area contributed by atoms with Gasteiger partial charge in [-0.15, -0.1) is 11.3 Å². The number of aromatic nitrogens is 1. The third kappa shape index (κ3) is 5.21. The molecule has 1 atom stereocenters. The Morgan fingerprint density at radius 1 is 1.31 bits per heavy atom. The maximum absolute atomic E-state index is 12.1. The van der Waals surface area contributed by atoms with Crippen LogP contribution in [0.4, 0.5) is 0 Å². The van der Waals surface area contributed by atoms with Crippen LogP contribution in [0.3, 0.4) is 0 Å². The minimum absolute atomic E-state index is 0.118. The Balaban J connectivity index is 1.86. The Kier molecular flexibility index (Phi) is 6.60. The van der Waals surface area contributed by atoms with Crippen LogP contribution in [0.15, 0.2) is 40.6 Å². The fourth-order valence-electron chi connectivity index (χ4n) is 2.04. The number of Topliss-reactive ketones (excluding diaryl/α,β-unsaturated/α-hetero) is 1. The van der Waals surface area contributed by atoms with Crippen molar-refractivity contribution in [3.8, 4) is 6.07 Å². The molecule has 0 aliphatic carbocycles. The van der Waals surface area contributed by atoms with Gasteiger partial charge in [-0.2, -0.15) is 5.26 Å². The monoisotopic (exact) mass is 392 g/mol. The zero-order valence-electron chi connectivity index (χ0n) is 13.9. The maximum atomic E-state index is 12.1. The summed E-state index contributed by atoms with van der Waals surface area (Å²) in [7, 11) is -3.60. The Morgan fingerprint density at radius 2 is 2.00 bits per heavy atom. The quantitative estimate of drug-likeness (QED) is 0.631. The Morgan fingerprint density at radius 3 is 2.58 bits per heavy atom. The molecule has 1 aromatic carbocycles. The van der Waals surface area contributed by atoms with E-state index in [1.165, 1.54) is 23.5 Å². The lowest BCUT2D eigenvalue weighted by Gasteiger charge is -2.07. The van der Waals surface area contributed by atoms with E-state index in [4.69, 9.17) is 10.00 Å². The van der Waals surface area contributed by atoms with Crippen molar-refractivity contribution in [3.63, 3.8) is 0 Å². The van der Waals surface area contributed by atoms with Gasteiger partial charge in [0.25, 0.3) is 0 Å². The first kappa shape index (κ1) is 19.8. The molecule has 0 saturated carbocycles. The van der Waals surface area contributed by atoms with Gasteiger partial charge in [0, 0.05) is 11.1 Å². The molecule has 0 N–H and O–H groups in total. The Hall–Kier alpha value is -2.57. The van der Waals surface area contributed by atoms with Gasteiger partial charge < -0.3 is 4.74 Å². The molecule has 9 heteroatoms. The normalized spacial score (nSPS) is 12.2. The highest BCUT2D eigenvalue weighted by molar-refractivity contribution is 7.91. The van der Waals surface area contributed by atoms with Crippen LogP contribution < -0.4 is 0 Å². The van der Waals surface area contributed by atoms with Crippen LogP contribution in [0.2, 0.25) is 0 Å². The molecular formula is C17H16N2O5S2. The Bertz CT molecular complexity index is 930. The molecule has 0 unspecified atom stereocenters. The maximum Gasteiger partial charge on any atom is 0.307 e. The van der Waals surface area contributed by atoms with Crippen LogP contribution >= 0.6 is 11.3 Å². The summed E-state index contributed by atoms with van der Waals surface area (Å²) in [5.74, 6) is -2.93. The minimum atomic E-state index is -3.60. The second-order valence-electron chi connectivity index (χ2n) is 5.40. The molecule has 0 fully saturated rings. The van der Waals surface area contributed by atoms with E-state index in [0.29, 0.717) is 10.7 Å². The van der Waals surface area contributed by atoms with Crippen LogP contribution in [0.25, 0.3) is 0 Å². The molecule has 7 nitrogen and oxygen atoms in total. The highest BCUT2D eigenvalue weighted by Crippen LogP contribution is 2.20. The summed E-state index contributed by atoms with van der Waals surface area (Å²) in [5, 5.41) is 11.2. The first-order valence-electron chi connectivity index (χ1n) is 7.61. The van der Waals surface area contributed by atoms with Gasteiger partial charge in [-0.3, -0.25) is 9.59 Å². The summed E-state index contributed by atoms with van der Waals surface area (Å²) in [4.78, 5) is 28.0. The predicted molar refractivity (Wildman–Crippen MR) is 94.3 cm³/mol. The molecule has 136 valence electrons. The third-order valence-corrected chi connectivity index (χ3v) is 6.15. The molecule has 0 spiro atoms. The van der Waals surface area contributed by atoms with Gasteiger partial charge in [-0.05, 0) is 19.1 Å². The highest BCUT2D eigenvalue weighted by Gasteiger charge is 2.25. The third-order valence-electron chi connectivity index (χ3n) is 3.39. The lowest BCUT2D eigenvalue weighted by atomic mass is 10.1. The smallest absolute Gasteiger partial charge is 0.307 e. The lowest BCUT2D eigenvalue weighted by molar-refractivity contribution is -0.147. The number of thiazole rings is 1. The van der Waals surface area contributed by atoms with Crippen LogP contribution in [0.5, 0.6) is 0 Å². The average molecular weight is 392 g/mol. The van der Waals surface area contributed by atoms with E-state index in [9.17, 15) is 18.0 Å². The zero-order valence-corrected chi connectivity index (χ0v) is 15.5. The Labute approximate surface area is 155 Å². The van der Waals surface area contributed by atoms with E-state index in [0.717, 1.165) is 0 Å². The summed E-state index contributed by atoms with van der Waals surface area (Å²) in [6, 6.07) is 9.60. The molecule has 2 rings (SSSR count). The first-order chi connectivity index (χ1) is 12.3. The molecule has 26 heavy (non-hydrogen) atoms. The van der Waals surface area contributed by atoms with Crippen LogP contribution in [-0.4, -0.2) is 37.5 Å². The summed E-state index contributed by atoms with van der Waals surface area (Å²) in [6.45, 7) is 1.15. The number of carbonyl (C=O) groups is 2. The van der Waals surface area contributed by atoms with Crippen LogP contribution in [-0.2, 0) is 24.2 Å². The number of nitriles is 1. The summed E-state index contributed by atoms with van der Waals surface area (Å²) < 4.78 is 29.0. The van der Waals surface area contributed by atoms with E-state index < -0.39 is 39.9 Å². The van der Waals surface area contributed by atoms with E-state index >= 15 is 0 Å². The number of esters is 1. The van der Waals surface area contributed by atoms with Gasteiger partial charge in [-0.1, -0.05) is 18.2 Å². The van der Waals surface area contributed by atoms with Crippen LogP contribution in [0.1, 0.15) is 23.0 Å². The SMILES string of the molecule is Cc1csc([C@H](C#N)C(=O)COC(=O)CCS(=O)(=O)c2ccccc2)n1. The molecule has 0 amide bonds. The van der Waals surface area contributed by atoms with Crippen molar-refractivity contribution in [1.29, 1.82) is 5.26 Å². The first-order valence-corrected chi connectivity index (χ1v) is 10.1. The summed E-state index contributed by atoms with van der Waals surface area (Å²) >= 11 is 1.18. The van der Waals surface area contributed by atoms with Crippen molar-refractivity contribution in [2.75, 3.05) is 12.4 Å². The van der Waals surface area contributed by atoms with E-state index in [-0.39, 0.29) is 11.3 Å². The lowest BCUT2D eigenvalue weighted by Crippen LogP contribution is -2.21. The van der Waals surface area contributed by atoms with Crippen LogP contribution in [0, 0.1) is 18.3 Å². The molecule has 0 aliphatic heterocycles. The molecule has 0 radical (unpaired) electrons. The molecule has 0 saturated heterocycles. The number of aryl methyl sites for hydroxylation is 1. The van der Waals surface area contributed by atoms with Crippen molar-refractivity contribution >= 4 is 32.9 Å².